The van der Waals surface area contributed by atoms with E-state index in [2.05, 4.69) is 5.32 Å². The molecule has 0 aromatic heterocycles. The Bertz CT molecular complexity index is 465. The van der Waals surface area contributed by atoms with Crippen LogP contribution in [-0.4, -0.2) is 37.0 Å². The van der Waals surface area contributed by atoms with E-state index in [1.54, 1.807) is 4.90 Å². The first-order chi connectivity index (χ1) is 9.10. The molecule has 1 heterocycles. The predicted octanol–water partition coefficient (Wildman–Crippen LogP) is 1.72. The summed E-state index contributed by atoms with van der Waals surface area (Å²) in [5, 5.41) is 3.15. The van der Waals surface area contributed by atoms with E-state index < -0.39 is 11.6 Å². The quantitative estimate of drug-likeness (QED) is 0.905. The van der Waals surface area contributed by atoms with Crippen LogP contribution in [0.2, 0.25) is 0 Å². The molecular formula is C14H18F2N2O. The molecule has 1 amide bonds. The Morgan fingerprint density at radius 1 is 1.47 bits per heavy atom. The third-order valence-corrected chi connectivity index (χ3v) is 3.54. The lowest BCUT2D eigenvalue weighted by Crippen LogP contribution is -2.47. The first kappa shape index (κ1) is 13.9. The van der Waals surface area contributed by atoms with E-state index >= 15 is 0 Å². The number of piperidine rings is 1. The molecule has 0 radical (unpaired) electrons. The van der Waals surface area contributed by atoms with Crippen molar-refractivity contribution >= 4 is 5.91 Å². The number of nitrogens with zero attached hydrogens (tertiary/aromatic N) is 1. The van der Waals surface area contributed by atoms with E-state index in [1.165, 1.54) is 12.1 Å². The van der Waals surface area contributed by atoms with Crippen molar-refractivity contribution in [3.63, 3.8) is 0 Å². The van der Waals surface area contributed by atoms with Crippen molar-refractivity contribution in [1.82, 2.24) is 10.2 Å². The van der Waals surface area contributed by atoms with Crippen LogP contribution in [0.15, 0.2) is 18.2 Å². The summed E-state index contributed by atoms with van der Waals surface area (Å²) >= 11 is 0. The molecule has 1 aromatic carbocycles. The lowest BCUT2D eigenvalue weighted by atomic mass is 10.0. The van der Waals surface area contributed by atoms with Crippen LogP contribution in [0.1, 0.15) is 18.4 Å². The molecular weight excluding hydrogens is 250 g/mol. The lowest BCUT2D eigenvalue weighted by molar-refractivity contribution is -0.131. The summed E-state index contributed by atoms with van der Waals surface area (Å²) in [6, 6.07) is 3.63. The Hall–Kier alpha value is -1.49. The Balaban J connectivity index is 2.00. The van der Waals surface area contributed by atoms with Crippen LogP contribution in [0.3, 0.4) is 0 Å². The number of carbonyl (C=O) groups is 1. The molecule has 2 rings (SSSR count). The van der Waals surface area contributed by atoms with Crippen LogP contribution < -0.4 is 5.32 Å². The second-order valence-corrected chi connectivity index (χ2v) is 4.88. The fourth-order valence-corrected chi connectivity index (χ4v) is 2.38. The highest BCUT2D eigenvalue weighted by atomic mass is 19.1. The number of hydrogen-bond donors (Lipinski definition) is 1. The molecule has 3 nitrogen and oxygen atoms in total. The van der Waals surface area contributed by atoms with Gasteiger partial charge in [-0.25, -0.2) is 8.78 Å². The molecule has 1 aromatic rings. The molecule has 0 aliphatic carbocycles. The number of halogens is 2. The van der Waals surface area contributed by atoms with E-state index in [-0.39, 0.29) is 17.9 Å². The molecule has 1 unspecified atom stereocenters. The van der Waals surface area contributed by atoms with Gasteiger partial charge in [0.25, 0.3) is 0 Å². The van der Waals surface area contributed by atoms with Gasteiger partial charge in [0, 0.05) is 25.2 Å². The molecule has 1 aliphatic heterocycles. The van der Waals surface area contributed by atoms with Gasteiger partial charge in [0.1, 0.15) is 11.6 Å². The van der Waals surface area contributed by atoms with Crippen molar-refractivity contribution in [2.75, 3.05) is 20.1 Å². The maximum Gasteiger partial charge on any atom is 0.227 e. The van der Waals surface area contributed by atoms with Gasteiger partial charge in [-0.15, -0.1) is 0 Å². The zero-order chi connectivity index (χ0) is 13.8. The van der Waals surface area contributed by atoms with Gasteiger partial charge in [0.2, 0.25) is 5.91 Å². The molecule has 104 valence electrons. The molecule has 1 saturated heterocycles. The third kappa shape index (κ3) is 3.50. The lowest BCUT2D eigenvalue weighted by Gasteiger charge is -2.32. The Labute approximate surface area is 111 Å². The average molecular weight is 268 g/mol. The minimum atomic E-state index is -0.657. The maximum absolute atomic E-state index is 13.5. The van der Waals surface area contributed by atoms with Crippen molar-refractivity contribution in [3.8, 4) is 0 Å². The number of nitrogens with one attached hydrogen (secondary N) is 1. The van der Waals surface area contributed by atoms with Gasteiger partial charge in [-0.2, -0.15) is 0 Å². The fraction of sp³-hybridized carbons (Fsp3) is 0.500. The minimum Gasteiger partial charge on any atom is -0.341 e. The van der Waals surface area contributed by atoms with Gasteiger partial charge < -0.3 is 10.2 Å². The summed E-state index contributed by atoms with van der Waals surface area (Å²) < 4.78 is 26.3. The van der Waals surface area contributed by atoms with Crippen molar-refractivity contribution in [2.45, 2.75) is 25.3 Å². The zero-order valence-corrected chi connectivity index (χ0v) is 11.0. The molecule has 19 heavy (non-hydrogen) atoms. The van der Waals surface area contributed by atoms with Crippen LogP contribution in [0, 0.1) is 11.6 Å². The fourth-order valence-electron chi connectivity index (χ4n) is 2.38. The summed E-state index contributed by atoms with van der Waals surface area (Å²) in [6.45, 7) is 1.36. The van der Waals surface area contributed by atoms with Gasteiger partial charge >= 0.3 is 0 Å². The second kappa shape index (κ2) is 6.10. The normalized spacial score (nSPS) is 19.5. The van der Waals surface area contributed by atoms with Gasteiger partial charge in [-0.3, -0.25) is 4.79 Å². The average Bonchev–Trinajstić information content (AvgIpc) is 2.42. The van der Waals surface area contributed by atoms with Crippen molar-refractivity contribution in [3.05, 3.63) is 35.4 Å². The van der Waals surface area contributed by atoms with Gasteiger partial charge in [-0.1, -0.05) is 6.07 Å². The van der Waals surface area contributed by atoms with Crippen LogP contribution >= 0.6 is 0 Å². The van der Waals surface area contributed by atoms with Crippen LogP contribution in [0.5, 0.6) is 0 Å². The van der Waals surface area contributed by atoms with Crippen molar-refractivity contribution in [1.29, 1.82) is 0 Å². The molecule has 1 atom stereocenters. The van der Waals surface area contributed by atoms with Crippen molar-refractivity contribution in [2.24, 2.45) is 0 Å². The first-order valence-electron chi connectivity index (χ1n) is 6.49. The number of likely N-dealkylation sites (tertiary alicyclic amines) is 1. The first-order valence-corrected chi connectivity index (χ1v) is 6.49. The number of benzene rings is 1. The summed E-state index contributed by atoms with van der Waals surface area (Å²) in [5.74, 6) is -1.39. The number of amides is 1. The summed E-state index contributed by atoms with van der Waals surface area (Å²) in [6.07, 6.45) is 1.98. The standard InChI is InChI=1S/C14H18F2N2O/c1-17-12-3-2-6-18(9-12)14(19)7-10-4-5-11(15)8-13(10)16/h4-5,8,12,17H,2-3,6-7,9H2,1H3. The highest BCUT2D eigenvalue weighted by molar-refractivity contribution is 5.79. The molecule has 1 aliphatic rings. The van der Waals surface area contributed by atoms with Crippen LogP contribution in [0.4, 0.5) is 8.78 Å². The van der Waals surface area contributed by atoms with Gasteiger partial charge in [-0.05, 0) is 31.5 Å². The zero-order valence-electron chi connectivity index (χ0n) is 11.0. The number of hydrogen-bond acceptors (Lipinski definition) is 2. The largest absolute Gasteiger partial charge is 0.341 e. The Morgan fingerprint density at radius 3 is 2.95 bits per heavy atom. The third-order valence-electron chi connectivity index (χ3n) is 3.54. The van der Waals surface area contributed by atoms with E-state index in [4.69, 9.17) is 0 Å². The molecule has 0 spiro atoms. The Morgan fingerprint density at radius 2 is 2.26 bits per heavy atom. The second-order valence-electron chi connectivity index (χ2n) is 4.88. The minimum absolute atomic E-state index is 0.0114. The molecule has 0 bridgehead atoms. The summed E-state index contributed by atoms with van der Waals surface area (Å²) in [4.78, 5) is 13.8. The van der Waals surface area contributed by atoms with Crippen LogP contribution in [-0.2, 0) is 11.2 Å². The predicted molar refractivity (Wildman–Crippen MR) is 68.7 cm³/mol. The van der Waals surface area contributed by atoms with E-state index in [1.807, 2.05) is 7.05 Å². The van der Waals surface area contributed by atoms with E-state index in [9.17, 15) is 13.6 Å². The molecule has 1 fully saturated rings. The van der Waals surface area contributed by atoms with E-state index in [0.717, 1.165) is 18.9 Å². The highest BCUT2D eigenvalue weighted by Gasteiger charge is 2.23. The van der Waals surface area contributed by atoms with E-state index in [0.29, 0.717) is 19.1 Å². The smallest absolute Gasteiger partial charge is 0.227 e. The molecule has 5 heteroatoms. The monoisotopic (exact) mass is 268 g/mol. The Kier molecular flexibility index (Phi) is 4.47. The van der Waals surface area contributed by atoms with Gasteiger partial charge in [0.05, 0.1) is 6.42 Å². The SMILES string of the molecule is CNC1CCCN(C(=O)Cc2ccc(F)cc2F)C1. The van der Waals surface area contributed by atoms with Crippen LogP contribution in [0.25, 0.3) is 0 Å². The van der Waals surface area contributed by atoms with Crippen molar-refractivity contribution < 1.29 is 13.6 Å². The number of likely N-dealkylation sites (N-methyl/N-ethyl adjacent to an activating group) is 1. The molecule has 0 saturated carbocycles. The van der Waals surface area contributed by atoms with Gasteiger partial charge in [0.15, 0.2) is 0 Å². The highest BCUT2D eigenvalue weighted by Crippen LogP contribution is 2.14. The number of rotatable bonds is 3. The molecule has 1 N–H and O–H groups in total. The summed E-state index contributed by atoms with van der Waals surface area (Å²) in [7, 11) is 1.87. The summed E-state index contributed by atoms with van der Waals surface area (Å²) in [5.41, 5.74) is 0.248. The maximum atomic E-state index is 13.5. The topological polar surface area (TPSA) is 32.3 Å². The number of carbonyl (C=O) groups excluding carboxylic acids is 1.